The van der Waals surface area contributed by atoms with Gasteiger partial charge in [0.15, 0.2) is 0 Å². The number of carbonyl (C=O) groups is 1. The monoisotopic (exact) mass is 223 g/mol. The SMILES string of the molecule is CCCC(CC)NC(=O)c1cc(N)cn1C. The Morgan fingerprint density at radius 1 is 1.56 bits per heavy atom. The van der Waals surface area contributed by atoms with E-state index < -0.39 is 0 Å². The molecule has 0 aliphatic heterocycles. The lowest BCUT2D eigenvalue weighted by molar-refractivity contribution is 0.0925. The van der Waals surface area contributed by atoms with Crippen molar-refractivity contribution in [2.45, 2.75) is 39.2 Å². The van der Waals surface area contributed by atoms with E-state index in [0.717, 1.165) is 19.3 Å². The summed E-state index contributed by atoms with van der Waals surface area (Å²) in [6, 6.07) is 1.96. The highest BCUT2D eigenvalue weighted by molar-refractivity contribution is 5.93. The van der Waals surface area contributed by atoms with E-state index in [9.17, 15) is 4.79 Å². The Kier molecular flexibility index (Phi) is 4.40. The number of nitrogen functional groups attached to an aromatic ring is 1. The van der Waals surface area contributed by atoms with Crippen LogP contribution in [0.1, 0.15) is 43.6 Å². The molecule has 4 heteroatoms. The van der Waals surface area contributed by atoms with Gasteiger partial charge in [0, 0.05) is 19.3 Å². The Labute approximate surface area is 96.8 Å². The number of amides is 1. The van der Waals surface area contributed by atoms with E-state index in [4.69, 9.17) is 5.73 Å². The van der Waals surface area contributed by atoms with Crippen LogP contribution in [0.3, 0.4) is 0 Å². The van der Waals surface area contributed by atoms with Crippen molar-refractivity contribution >= 4 is 11.6 Å². The molecule has 0 saturated heterocycles. The van der Waals surface area contributed by atoms with E-state index in [2.05, 4.69) is 19.2 Å². The minimum atomic E-state index is -0.0421. The number of nitrogens with two attached hydrogens (primary N) is 1. The number of aryl methyl sites for hydroxylation is 1. The Bertz CT molecular complexity index is 357. The van der Waals surface area contributed by atoms with Gasteiger partial charge in [0.1, 0.15) is 5.69 Å². The molecule has 1 unspecified atom stereocenters. The Hall–Kier alpha value is -1.45. The van der Waals surface area contributed by atoms with Gasteiger partial charge in [-0.25, -0.2) is 0 Å². The first kappa shape index (κ1) is 12.6. The van der Waals surface area contributed by atoms with E-state index in [-0.39, 0.29) is 11.9 Å². The maximum atomic E-state index is 11.9. The summed E-state index contributed by atoms with van der Waals surface area (Å²) >= 11 is 0. The molecule has 0 spiro atoms. The molecular formula is C12H21N3O. The molecule has 1 heterocycles. The van der Waals surface area contributed by atoms with Crippen LogP contribution >= 0.6 is 0 Å². The number of anilines is 1. The van der Waals surface area contributed by atoms with Crippen molar-refractivity contribution in [2.75, 3.05) is 5.73 Å². The molecule has 3 N–H and O–H groups in total. The molecule has 1 atom stereocenters. The minimum Gasteiger partial charge on any atom is -0.397 e. The molecule has 4 nitrogen and oxygen atoms in total. The van der Waals surface area contributed by atoms with Crippen LogP contribution in [-0.4, -0.2) is 16.5 Å². The second-order valence-electron chi connectivity index (χ2n) is 4.14. The summed E-state index contributed by atoms with van der Waals surface area (Å²) in [7, 11) is 1.83. The average molecular weight is 223 g/mol. The molecule has 0 aliphatic rings. The molecule has 1 rings (SSSR count). The summed E-state index contributed by atoms with van der Waals surface area (Å²) in [6.07, 6.45) is 4.80. The molecule has 0 bridgehead atoms. The van der Waals surface area contributed by atoms with E-state index in [1.165, 1.54) is 0 Å². The van der Waals surface area contributed by atoms with Crippen molar-refractivity contribution in [3.8, 4) is 0 Å². The third-order valence-electron chi connectivity index (χ3n) is 2.72. The molecule has 0 aliphatic carbocycles. The number of aromatic nitrogens is 1. The number of nitrogens with one attached hydrogen (secondary N) is 1. The second-order valence-corrected chi connectivity index (χ2v) is 4.14. The van der Waals surface area contributed by atoms with Crippen LogP contribution in [0.5, 0.6) is 0 Å². The highest BCUT2D eigenvalue weighted by Crippen LogP contribution is 2.10. The fourth-order valence-corrected chi connectivity index (χ4v) is 1.80. The highest BCUT2D eigenvalue weighted by Gasteiger charge is 2.14. The third-order valence-corrected chi connectivity index (χ3v) is 2.72. The molecule has 16 heavy (non-hydrogen) atoms. The van der Waals surface area contributed by atoms with E-state index in [1.807, 2.05) is 7.05 Å². The van der Waals surface area contributed by atoms with Crippen molar-refractivity contribution < 1.29 is 4.79 Å². The van der Waals surface area contributed by atoms with E-state index >= 15 is 0 Å². The van der Waals surface area contributed by atoms with Crippen LogP contribution in [-0.2, 0) is 7.05 Å². The molecule has 90 valence electrons. The van der Waals surface area contributed by atoms with Gasteiger partial charge in [0.05, 0.1) is 5.69 Å². The summed E-state index contributed by atoms with van der Waals surface area (Å²) < 4.78 is 1.75. The molecule has 0 saturated carbocycles. The summed E-state index contributed by atoms with van der Waals surface area (Å²) in [6.45, 7) is 4.20. The van der Waals surface area contributed by atoms with Crippen LogP contribution in [0.2, 0.25) is 0 Å². The van der Waals surface area contributed by atoms with Crippen LogP contribution in [0.25, 0.3) is 0 Å². The average Bonchev–Trinajstić information content (AvgIpc) is 2.57. The Morgan fingerprint density at radius 3 is 2.69 bits per heavy atom. The third kappa shape index (κ3) is 3.02. The van der Waals surface area contributed by atoms with Crippen LogP contribution < -0.4 is 11.1 Å². The maximum absolute atomic E-state index is 11.9. The van der Waals surface area contributed by atoms with Gasteiger partial charge in [-0.05, 0) is 18.9 Å². The fourth-order valence-electron chi connectivity index (χ4n) is 1.80. The molecule has 0 aromatic carbocycles. The van der Waals surface area contributed by atoms with Gasteiger partial charge in [-0.15, -0.1) is 0 Å². The lowest BCUT2D eigenvalue weighted by atomic mass is 10.1. The van der Waals surface area contributed by atoms with Crippen molar-refractivity contribution in [3.63, 3.8) is 0 Å². The van der Waals surface area contributed by atoms with E-state index in [0.29, 0.717) is 11.4 Å². The van der Waals surface area contributed by atoms with Crippen LogP contribution in [0.15, 0.2) is 12.3 Å². The molecule has 0 fully saturated rings. The fraction of sp³-hybridized carbons (Fsp3) is 0.583. The van der Waals surface area contributed by atoms with Gasteiger partial charge < -0.3 is 15.6 Å². The second kappa shape index (κ2) is 5.58. The molecular weight excluding hydrogens is 202 g/mol. The topological polar surface area (TPSA) is 60.1 Å². The first-order valence-electron chi connectivity index (χ1n) is 5.81. The summed E-state index contributed by atoms with van der Waals surface area (Å²) in [5.41, 5.74) is 6.88. The van der Waals surface area contributed by atoms with Crippen molar-refractivity contribution in [2.24, 2.45) is 7.05 Å². The predicted molar refractivity (Wildman–Crippen MR) is 66.3 cm³/mol. The maximum Gasteiger partial charge on any atom is 0.268 e. The summed E-state index contributed by atoms with van der Waals surface area (Å²) in [4.78, 5) is 11.9. The summed E-state index contributed by atoms with van der Waals surface area (Å²) in [5.74, 6) is -0.0421. The van der Waals surface area contributed by atoms with Crippen LogP contribution in [0, 0.1) is 0 Å². The minimum absolute atomic E-state index is 0.0421. The standard InChI is InChI=1S/C12H21N3O/c1-4-6-10(5-2)14-12(16)11-7-9(13)8-15(11)3/h7-8,10H,4-6,13H2,1-3H3,(H,14,16). The zero-order chi connectivity index (χ0) is 12.1. The van der Waals surface area contributed by atoms with Gasteiger partial charge >= 0.3 is 0 Å². The van der Waals surface area contributed by atoms with Gasteiger partial charge in [0.25, 0.3) is 5.91 Å². The normalized spacial score (nSPS) is 12.4. The van der Waals surface area contributed by atoms with Crippen LogP contribution in [0.4, 0.5) is 5.69 Å². The molecule has 1 amide bonds. The number of rotatable bonds is 5. The zero-order valence-corrected chi connectivity index (χ0v) is 10.3. The van der Waals surface area contributed by atoms with Gasteiger partial charge in [0.2, 0.25) is 0 Å². The number of hydrogen-bond acceptors (Lipinski definition) is 2. The molecule has 0 radical (unpaired) electrons. The first-order chi connectivity index (χ1) is 7.58. The summed E-state index contributed by atoms with van der Waals surface area (Å²) in [5, 5.41) is 3.02. The Balaban J connectivity index is 2.67. The van der Waals surface area contributed by atoms with Gasteiger partial charge in [-0.2, -0.15) is 0 Å². The number of nitrogens with zero attached hydrogens (tertiary/aromatic N) is 1. The number of carbonyl (C=O) groups excluding carboxylic acids is 1. The lowest BCUT2D eigenvalue weighted by Crippen LogP contribution is -2.35. The van der Waals surface area contributed by atoms with E-state index in [1.54, 1.807) is 16.8 Å². The Morgan fingerprint density at radius 2 is 2.25 bits per heavy atom. The van der Waals surface area contributed by atoms with Gasteiger partial charge in [-0.3, -0.25) is 4.79 Å². The molecule has 1 aromatic heterocycles. The number of hydrogen-bond donors (Lipinski definition) is 2. The highest BCUT2D eigenvalue weighted by atomic mass is 16.2. The molecule has 1 aromatic rings. The zero-order valence-electron chi connectivity index (χ0n) is 10.3. The van der Waals surface area contributed by atoms with Gasteiger partial charge in [-0.1, -0.05) is 20.3 Å². The smallest absolute Gasteiger partial charge is 0.268 e. The first-order valence-corrected chi connectivity index (χ1v) is 5.81. The van der Waals surface area contributed by atoms with Crippen molar-refractivity contribution in [1.29, 1.82) is 0 Å². The predicted octanol–water partition coefficient (Wildman–Crippen LogP) is 1.92. The lowest BCUT2D eigenvalue weighted by Gasteiger charge is -2.16. The van der Waals surface area contributed by atoms with Crippen molar-refractivity contribution in [1.82, 2.24) is 9.88 Å². The largest absolute Gasteiger partial charge is 0.397 e. The quantitative estimate of drug-likeness (QED) is 0.801. The van der Waals surface area contributed by atoms with Crippen molar-refractivity contribution in [3.05, 3.63) is 18.0 Å².